The number of carbonyl (C=O) groups is 1. The fraction of sp³-hybridized carbons (Fsp3) is 0.111. The van der Waals surface area contributed by atoms with E-state index in [0.717, 1.165) is 23.2 Å². The number of rotatable bonds is 4. The van der Waals surface area contributed by atoms with E-state index in [0.29, 0.717) is 11.4 Å². The summed E-state index contributed by atoms with van der Waals surface area (Å²) in [5.74, 6) is -2.73. The number of benzene rings is 2. The Kier molecular flexibility index (Phi) is 4.85. The molecule has 0 atom stereocenters. The lowest BCUT2D eigenvalue weighted by Gasteiger charge is -2.22. The summed E-state index contributed by atoms with van der Waals surface area (Å²) in [5.41, 5.74) is 0.578. The van der Waals surface area contributed by atoms with Crippen LogP contribution in [0.4, 0.5) is 18.9 Å². The SMILES string of the molecule is Cc1nc(CN(C(=O)c2cc(F)ccc2F)c2ccc(F)cc2)cs1. The van der Waals surface area contributed by atoms with E-state index < -0.39 is 28.9 Å². The number of hydrogen-bond acceptors (Lipinski definition) is 3. The molecule has 1 aromatic heterocycles. The maximum atomic E-state index is 14.0. The molecule has 0 unspecified atom stereocenters. The Morgan fingerprint density at radius 2 is 1.76 bits per heavy atom. The van der Waals surface area contributed by atoms with Crippen LogP contribution in [0.5, 0.6) is 0 Å². The molecule has 3 aromatic rings. The number of hydrogen-bond donors (Lipinski definition) is 0. The van der Waals surface area contributed by atoms with Gasteiger partial charge in [-0.05, 0) is 49.4 Å². The van der Waals surface area contributed by atoms with Gasteiger partial charge in [0.05, 0.1) is 22.8 Å². The number of carbonyl (C=O) groups excluding carboxylic acids is 1. The Labute approximate surface area is 146 Å². The Morgan fingerprint density at radius 3 is 2.40 bits per heavy atom. The molecular weight excluding hydrogens is 349 g/mol. The number of nitrogens with zero attached hydrogens (tertiary/aromatic N) is 2. The van der Waals surface area contributed by atoms with Crippen molar-refractivity contribution in [3.8, 4) is 0 Å². The van der Waals surface area contributed by atoms with Crippen molar-refractivity contribution in [2.75, 3.05) is 4.90 Å². The van der Waals surface area contributed by atoms with Crippen LogP contribution in [0.3, 0.4) is 0 Å². The minimum Gasteiger partial charge on any atom is -0.302 e. The summed E-state index contributed by atoms with van der Waals surface area (Å²) in [7, 11) is 0. The molecule has 0 radical (unpaired) electrons. The standard InChI is InChI=1S/C18H13F3N2OS/c1-11-22-14(10-25-11)9-23(15-5-2-12(19)3-6-15)18(24)16-8-13(20)4-7-17(16)21/h2-8,10H,9H2,1H3. The lowest BCUT2D eigenvalue weighted by Crippen LogP contribution is -2.31. The molecule has 2 aromatic carbocycles. The average Bonchev–Trinajstić information content (AvgIpc) is 3.00. The van der Waals surface area contributed by atoms with Gasteiger partial charge in [0, 0.05) is 11.1 Å². The second kappa shape index (κ2) is 7.06. The molecule has 0 bridgehead atoms. The predicted molar refractivity (Wildman–Crippen MR) is 90.1 cm³/mol. The highest BCUT2D eigenvalue weighted by atomic mass is 32.1. The number of halogens is 3. The first-order chi connectivity index (χ1) is 11.9. The molecule has 0 saturated heterocycles. The average molecular weight is 362 g/mol. The molecule has 0 fully saturated rings. The van der Waals surface area contributed by atoms with Crippen LogP contribution in [0.15, 0.2) is 47.8 Å². The van der Waals surface area contributed by atoms with Crippen molar-refractivity contribution in [1.29, 1.82) is 0 Å². The van der Waals surface area contributed by atoms with Crippen molar-refractivity contribution in [2.45, 2.75) is 13.5 Å². The molecule has 0 aliphatic heterocycles. The maximum Gasteiger partial charge on any atom is 0.261 e. The summed E-state index contributed by atoms with van der Waals surface area (Å²) < 4.78 is 40.7. The first-order valence-corrected chi connectivity index (χ1v) is 8.25. The van der Waals surface area contributed by atoms with Crippen molar-refractivity contribution >= 4 is 22.9 Å². The van der Waals surface area contributed by atoms with Gasteiger partial charge in [0.2, 0.25) is 0 Å². The summed E-state index contributed by atoms with van der Waals surface area (Å²) >= 11 is 1.41. The molecule has 7 heteroatoms. The third kappa shape index (κ3) is 3.88. The lowest BCUT2D eigenvalue weighted by molar-refractivity contribution is 0.0980. The zero-order valence-electron chi connectivity index (χ0n) is 13.2. The number of aromatic nitrogens is 1. The molecule has 1 heterocycles. The Morgan fingerprint density at radius 1 is 1.08 bits per heavy atom. The number of anilines is 1. The normalized spacial score (nSPS) is 10.7. The molecule has 25 heavy (non-hydrogen) atoms. The van der Waals surface area contributed by atoms with Gasteiger partial charge in [-0.15, -0.1) is 11.3 Å². The highest BCUT2D eigenvalue weighted by Crippen LogP contribution is 2.23. The fourth-order valence-electron chi connectivity index (χ4n) is 2.35. The van der Waals surface area contributed by atoms with Gasteiger partial charge in [-0.2, -0.15) is 0 Å². The molecule has 0 spiro atoms. The van der Waals surface area contributed by atoms with Gasteiger partial charge in [-0.3, -0.25) is 4.79 Å². The van der Waals surface area contributed by atoms with Crippen molar-refractivity contribution in [3.63, 3.8) is 0 Å². The third-order valence-corrected chi connectivity index (χ3v) is 4.35. The van der Waals surface area contributed by atoms with E-state index >= 15 is 0 Å². The van der Waals surface area contributed by atoms with Crippen LogP contribution in [0.2, 0.25) is 0 Å². The summed E-state index contributed by atoms with van der Waals surface area (Å²) in [6.07, 6.45) is 0. The number of aryl methyl sites for hydroxylation is 1. The van der Waals surface area contributed by atoms with Crippen LogP contribution in [-0.4, -0.2) is 10.9 Å². The van der Waals surface area contributed by atoms with Crippen LogP contribution >= 0.6 is 11.3 Å². The van der Waals surface area contributed by atoms with Gasteiger partial charge in [-0.25, -0.2) is 18.2 Å². The van der Waals surface area contributed by atoms with Crippen LogP contribution in [0, 0.1) is 24.4 Å². The molecule has 128 valence electrons. The van der Waals surface area contributed by atoms with Crippen molar-refractivity contribution in [1.82, 2.24) is 4.98 Å². The van der Waals surface area contributed by atoms with E-state index in [-0.39, 0.29) is 6.54 Å². The minimum absolute atomic E-state index is 0.0603. The first kappa shape index (κ1) is 17.2. The van der Waals surface area contributed by atoms with E-state index in [2.05, 4.69) is 4.98 Å². The lowest BCUT2D eigenvalue weighted by atomic mass is 10.1. The van der Waals surface area contributed by atoms with E-state index in [4.69, 9.17) is 0 Å². The molecule has 0 N–H and O–H groups in total. The highest BCUT2D eigenvalue weighted by Gasteiger charge is 2.22. The quantitative estimate of drug-likeness (QED) is 0.673. The Bertz CT molecular complexity index is 909. The van der Waals surface area contributed by atoms with Crippen LogP contribution in [0.25, 0.3) is 0 Å². The topological polar surface area (TPSA) is 33.2 Å². The minimum atomic E-state index is -0.826. The van der Waals surface area contributed by atoms with Gasteiger partial charge in [0.15, 0.2) is 0 Å². The molecule has 0 aliphatic rings. The van der Waals surface area contributed by atoms with Crippen LogP contribution < -0.4 is 4.90 Å². The summed E-state index contributed by atoms with van der Waals surface area (Å²) in [6.45, 7) is 1.88. The number of amides is 1. The molecule has 3 nitrogen and oxygen atoms in total. The van der Waals surface area contributed by atoms with Gasteiger partial charge in [0.25, 0.3) is 5.91 Å². The fourth-order valence-corrected chi connectivity index (χ4v) is 2.95. The first-order valence-electron chi connectivity index (χ1n) is 7.37. The summed E-state index contributed by atoms with van der Waals surface area (Å²) in [5, 5.41) is 2.60. The monoisotopic (exact) mass is 362 g/mol. The van der Waals surface area contributed by atoms with E-state index in [9.17, 15) is 18.0 Å². The predicted octanol–water partition coefficient (Wildman–Crippen LogP) is 4.72. The smallest absolute Gasteiger partial charge is 0.261 e. The van der Waals surface area contributed by atoms with Gasteiger partial charge in [-0.1, -0.05) is 0 Å². The molecule has 0 aliphatic carbocycles. The van der Waals surface area contributed by atoms with Crippen molar-refractivity contribution in [3.05, 3.63) is 81.6 Å². The number of thiazole rings is 1. The molecule has 1 amide bonds. The second-order valence-electron chi connectivity index (χ2n) is 5.35. The van der Waals surface area contributed by atoms with E-state index in [1.54, 1.807) is 5.38 Å². The van der Waals surface area contributed by atoms with Crippen molar-refractivity contribution < 1.29 is 18.0 Å². The van der Waals surface area contributed by atoms with Gasteiger partial charge in [0.1, 0.15) is 17.5 Å². The van der Waals surface area contributed by atoms with Crippen LogP contribution in [0.1, 0.15) is 21.1 Å². The molecule has 3 rings (SSSR count). The highest BCUT2D eigenvalue weighted by molar-refractivity contribution is 7.09. The van der Waals surface area contributed by atoms with Gasteiger partial charge >= 0.3 is 0 Å². The zero-order valence-corrected chi connectivity index (χ0v) is 14.0. The van der Waals surface area contributed by atoms with E-state index in [1.165, 1.54) is 40.5 Å². The zero-order chi connectivity index (χ0) is 18.0. The summed E-state index contributed by atoms with van der Waals surface area (Å²) in [4.78, 5) is 18.3. The van der Waals surface area contributed by atoms with Crippen molar-refractivity contribution in [2.24, 2.45) is 0 Å². The third-order valence-electron chi connectivity index (χ3n) is 3.53. The largest absolute Gasteiger partial charge is 0.302 e. The Balaban J connectivity index is 2.01. The summed E-state index contributed by atoms with van der Waals surface area (Å²) in [6, 6.07) is 7.90. The molecular formula is C18H13F3N2OS. The van der Waals surface area contributed by atoms with Crippen LogP contribution in [-0.2, 0) is 6.54 Å². The maximum absolute atomic E-state index is 14.0. The second-order valence-corrected chi connectivity index (χ2v) is 6.41. The van der Waals surface area contributed by atoms with Gasteiger partial charge < -0.3 is 4.90 Å². The molecule has 0 saturated carbocycles. The van der Waals surface area contributed by atoms with E-state index in [1.807, 2.05) is 6.92 Å². The Hall–Kier alpha value is -2.67.